The summed E-state index contributed by atoms with van der Waals surface area (Å²) in [5.41, 5.74) is 7.61. The third-order valence-electron chi connectivity index (χ3n) is 3.71. The lowest BCUT2D eigenvalue weighted by Gasteiger charge is -2.29. The highest BCUT2D eigenvalue weighted by molar-refractivity contribution is 5.74. The van der Waals surface area contributed by atoms with Crippen LogP contribution in [0.3, 0.4) is 0 Å². The van der Waals surface area contributed by atoms with Crippen LogP contribution in [0.1, 0.15) is 45.2 Å². The average molecular weight is 291 g/mol. The molecule has 0 saturated carbocycles. The summed E-state index contributed by atoms with van der Waals surface area (Å²) in [6, 6.07) is 8.25. The van der Waals surface area contributed by atoms with E-state index in [0.29, 0.717) is 13.1 Å². The first kappa shape index (κ1) is 17.5. The van der Waals surface area contributed by atoms with Crippen molar-refractivity contribution >= 4 is 6.03 Å². The van der Waals surface area contributed by atoms with Crippen molar-refractivity contribution in [2.24, 2.45) is 5.73 Å². The minimum atomic E-state index is -0.285. The van der Waals surface area contributed by atoms with Gasteiger partial charge in [0.1, 0.15) is 0 Å². The predicted octanol–water partition coefficient (Wildman–Crippen LogP) is 2.70. The van der Waals surface area contributed by atoms with Crippen molar-refractivity contribution in [1.82, 2.24) is 10.6 Å². The molecule has 1 aromatic rings. The monoisotopic (exact) mass is 291 g/mol. The quantitative estimate of drug-likeness (QED) is 0.754. The first-order chi connectivity index (χ1) is 9.66. The van der Waals surface area contributed by atoms with Gasteiger partial charge in [-0.1, -0.05) is 43.7 Å². The molecular weight excluding hydrogens is 262 g/mol. The van der Waals surface area contributed by atoms with Crippen LogP contribution in [0.15, 0.2) is 24.3 Å². The minimum absolute atomic E-state index is 0.110. The number of amides is 2. The molecule has 1 rings (SSSR count). The molecule has 4 heteroatoms. The van der Waals surface area contributed by atoms with E-state index in [1.54, 1.807) is 0 Å². The van der Waals surface area contributed by atoms with E-state index in [0.717, 1.165) is 6.42 Å². The van der Waals surface area contributed by atoms with E-state index in [1.807, 2.05) is 13.8 Å². The summed E-state index contributed by atoms with van der Waals surface area (Å²) < 4.78 is 0. The van der Waals surface area contributed by atoms with Crippen LogP contribution in [0, 0.1) is 6.92 Å². The van der Waals surface area contributed by atoms with Gasteiger partial charge in [0.2, 0.25) is 0 Å². The van der Waals surface area contributed by atoms with Crippen LogP contribution in [0.5, 0.6) is 0 Å². The molecule has 0 saturated heterocycles. The van der Waals surface area contributed by atoms with E-state index in [9.17, 15) is 4.79 Å². The molecule has 0 spiro atoms. The Morgan fingerprint density at radius 3 is 2.48 bits per heavy atom. The van der Waals surface area contributed by atoms with Crippen LogP contribution in [-0.2, 0) is 5.41 Å². The Morgan fingerprint density at radius 2 is 1.90 bits per heavy atom. The maximum atomic E-state index is 12.0. The molecule has 0 fully saturated rings. The van der Waals surface area contributed by atoms with Gasteiger partial charge in [0, 0.05) is 17.5 Å². The molecule has 21 heavy (non-hydrogen) atoms. The molecule has 0 bridgehead atoms. The van der Waals surface area contributed by atoms with E-state index in [-0.39, 0.29) is 17.0 Å². The van der Waals surface area contributed by atoms with E-state index >= 15 is 0 Å². The summed E-state index contributed by atoms with van der Waals surface area (Å²) in [6.45, 7) is 11.4. The van der Waals surface area contributed by atoms with Crippen molar-refractivity contribution in [2.75, 3.05) is 13.1 Å². The Bertz CT molecular complexity index is 481. The fraction of sp³-hybridized carbons (Fsp3) is 0.588. The molecule has 0 aliphatic carbocycles. The highest BCUT2D eigenvalue weighted by atomic mass is 16.2. The van der Waals surface area contributed by atoms with Gasteiger partial charge < -0.3 is 16.4 Å². The molecule has 0 radical (unpaired) electrons. The topological polar surface area (TPSA) is 67.2 Å². The van der Waals surface area contributed by atoms with Crippen LogP contribution < -0.4 is 16.4 Å². The molecule has 0 atom stereocenters. The first-order valence-corrected chi connectivity index (χ1v) is 7.49. The zero-order valence-electron chi connectivity index (χ0n) is 13.9. The Hall–Kier alpha value is -1.55. The SMILES string of the molecule is Cc1cccc(C(C)(C)CNC(=O)NC(C)(C)CCN)c1. The summed E-state index contributed by atoms with van der Waals surface area (Å²) in [4.78, 5) is 12.0. The number of nitrogens with two attached hydrogens (primary N) is 1. The van der Waals surface area contributed by atoms with Crippen molar-refractivity contribution in [1.29, 1.82) is 0 Å². The van der Waals surface area contributed by atoms with Gasteiger partial charge in [-0.05, 0) is 39.3 Å². The molecule has 0 aliphatic rings. The highest BCUT2D eigenvalue weighted by Crippen LogP contribution is 2.23. The molecule has 118 valence electrons. The Balaban J connectivity index is 2.59. The van der Waals surface area contributed by atoms with Crippen molar-refractivity contribution in [3.8, 4) is 0 Å². The summed E-state index contributed by atoms with van der Waals surface area (Å²) in [5, 5.41) is 5.93. The fourth-order valence-corrected chi connectivity index (χ4v) is 2.24. The van der Waals surface area contributed by atoms with Crippen LogP contribution in [0.4, 0.5) is 4.79 Å². The molecular formula is C17H29N3O. The number of carbonyl (C=O) groups excluding carboxylic acids is 1. The van der Waals surface area contributed by atoms with Gasteiger partial charge in [-0.25, -0.2) is 4.79 Å². The molecule has 0 unspecified atom stereocenters. The molecule has 4 nitrogen and oxygen atoms in total. The number of hydrogen-bond acceptors (Lipinski definition) is 2. The summed E-state index contributed by atoms with van der Waals surface area (Å²) >= 11 is 0. The molecule has 4 N–H and O–H groups in total. The van der Waals surface area contributed by atoms with Crippen LogP contribution in [0.25, 0.3) is 0 Å². The minimum Gasteiger partial charge on any atom is -0.337 e. The maximum Gasteiger partial charge on any atom is 0.315 e. The van der Waals surface area contributed by atoms with Crippen molar-refractivity contribution in [3.05, 3.63) is 35.4 Å². The van der Waals surface area contributed by atoms with E-state index in [1.165, 1.54) is 11.1 Å². The number of benzene rings is 1. The van der Waals surface area contributed by atoms with Gasteiger partial charge in [-0.15, -0.1) is 0 Å². The van der Waals surface area contributed by atoms with Crippen LogP contribution in [0.2, 0.25) is 0 Å². The Labute approximate surface area is 128 Å². The smallest absolute Gasteiger partial charge is 0.315 e. The van der Waals surface area contributed by atoms with Gasteiger partial charge in [-0.2, -0.15) is 0 Å². The lowest BCUT2D eigenvalue weighted by Crippen LogP contribution is -2.51. The number of urea groups is 1. The van der Waals surface area contributed by atoms with Gasteiger partial charge >= 0.3 is 6.03 Å². The lowest BCUT2D eigenvalue weighted by molar-refractivity contribution is 0.226. The third-order valence-corrected chi connectivity index (χ3v) is 3.71. The van der Waals surface area contributed by atoms with Crippen molar-refractivity contribution in [2.45, 2.75) is 52.0 Å². The molecule has 2 amide bonds. The number of rotatable bonds is 6. The van der Waals surface area contributed by atoms with Gasteiger partial charge in [0.05, 0.1) is 0 Å². The summed E-state index contributed by atoms with van der Waals surface area (Å²) in [7, 11) is 0. The Kier molecular flexibility index (Phi) is 5.78. The van der Waals surface area contributed by atoms with Gasteiger partial charge in [0.15, 0.2) is 0 Å². The highest BCUT2D eigenvalue weighted by Gasteiger charge is 2.23. The van der Waals surface area contributed by atoms with E-state index in [4.69, 9.17) is 5.73 Å². The number of hydrogen-bond donors (Lipinski definition) is 3. The normalized spacial score (nSPS) is 12.1. The second kappa shape index (κ2) is 6.94. The average Bonchev–Trinajstić information content (AvgIpc) is 2.36. The fourth-order valence-electron chi connectivity index (χ4n) is 2.24. The van der Waals surface area contributed by atoms with Crippen LogP contribution >= 0.6 is 0 Å². The second-order valence-corrected chi connectivity index (χ2v) is 6.98. The second-order valence-electron chi connectivity index (χ2n) is 6.98. The van der Waals surface area contributed by atoms with Crippen LogP contribution in [-0.4, -0.2) is 24.7 Å². The number of aryl methyl sites for hydroxylation is 1. The number of carbonyl (C=O) groups is 1. The zero-order chi connectivity index (χ0) is 16.1. The van der Waals surface area contributed by atoms with Gasteiger partial charge in [0.25, 0.3) is 0 Å². The molecule has 1 aromatic carbocycles. The van der Waals surface area contributed by atoms with Crippen molar-refractivity contribution in [3.63, 3.8) is 0 Å². The standard InChI is InChI=1S/C17H29N3O/c1-13-7-6-8-14(11-13)16(2,3)12-19-15(21)20-17(4,5)9-10-18/h6-8,11H,9-10,12,18H2,1-5H3,(H2,19,20,21). The molecule has 0 aromatic heterocycles. The van der Waals surface area contributed by atoms with E-state index in [2.05, 4.69) is 55.7 Å². The van der Waals surface area contributed by atoms with Crippen molar-refractivity contribution < 1.29 is 4.79 Å². The maximum absolute atomic E-state index is 12.0. The first-order valence-electron chi connectivity index (χ1n) is 7.49. The Morgan fingerprint density at radius 1 is 1.24 bits per heavy atom. The largest absolute Gasteiger partial charge is 0.337 e. The van der Waals surface area contributed by atoms with Gasteiger partial charge in [-0.3, -0.25) is 0 Å². The van der Waals surface area contributed by atoms with E-state index < -0.39 is 0 Å². The summed E-state index contributed by atoms with van der Waals surface area (Å²) in [6.07, 6.45) is 0.752. The molecule has 0 heterocycles. The summed E-state index contributed by atoms with van der Waals surface area (Å²) in [5.74, 6) is 0. The zero-order valence-corrected chi connectivity index (χ0v) is 13.9. The predicted molar refractivity (Wildman–Crippen MR) is 88.5 cm³/mol. The third kappa shape index (κ3) is 5.76. The molecule has 0 aliphatic heterocycles. The lowest BCUT2D eigenvalue weighted by atomic mass is 9.84. The number of nitrogens with one attached hydrogen (secondary N) is 2.